The van der Waals surface area contributed by atoms with Crippen molar-refractivity contribution in [2.75, 3.05) is 0 Å². The monoisotopic (exact) mass is 795 g/mol. The Morgan fingerprint density at radius 3 is 2.38 bits per heavy atom. The van der Waals surface area contributed by atoms with E-state index in [1.165, 1.54) is 107 Å². The van der Waals surface area contributed by atoms with E-state index < -0.39 is 0 Å². The largest absolute Gasteiger partial charge is 0.365 e. The molecule has 12 unspecified atom stereocenters. The molecule has 12 aliphatic rings. The van der Waals surface area contributed by atoms with Gasteiger partial charge in [-0.15, -0.1) is 0 Å². The maximum Gasteiger partial charge on any atom is 0.0476 e. The van der Waals surface area contributed by atoms with E-state index >= 15 is 0 Å². The van der Waals surface area contributed by atoms with Crippen LogP contribution in [0.25, 0.3) is 0 Å². The molecule has 12 rings (SSSR count). The SMILES string of the molecule is CC1(C)C2=C(C=CCC2)C2=C1CC(NC1C=CC=CC1C1CCC[C@@H]3C1C1CCC=CC1C31C3=C(C=CCC3)C3C=CC(N(C4=CC=CCC4)C4CC=CCC4)CC31)C=C2. The summed E-state index contributed by atoms with van der Waals surface area (Å²) < 4.78 is 0. The minimum absolute atomic E-state index is 0.170. The molecule has 0 aromatic heterocycles. The van der Waals surface area contributed by atoms with Crippen LogP contribution in [0.5, 0.6) is 0 Å². The van der Waals surface area contributed by atoms with Gasteiger partial charge in [-0.2, -0.15) is 0 Å². The van der Waals surface area contributed by atoms with Crippen molar-refractivity contribution in [3.8, 4) is 0 Å². The van der Waals surface area contributed by atoms with Crippen molar-refractivity contribution in [3.63, 3.8) is 0 Å². The third-order valence-electron chi connectivity index (χ3n) is 18.9. The maximum atomic E-state index is 4.36. The smallest absolute Gasteiger partial charge is 0.0476 e. The van der Waals surface area contributed by atoms with Crippen LogP contribution in [-0.2, 0) is 0 Å². The molecule has 12 aliphatic carbocycles. The van der Waals surface area contributed by atoms with Gasteiger partial charge < -0.3 is 10.2 Å². The molecule has 0 saturated heterocycles. The third kappa shape index (κ3) is 5.73. The summed E-state index contributed by atoms with van der Waals surface area (Å²) in [6.45, 7) is 5.02. The zero-order chi connectivity index (χ0) is 40.0. The average molecular weight is 795 g/mol. The lowest BCUT2D eigenvalue weighted by atomic mass is 9.53. The molecule has 0 aromatic carbocycles. The van der Waals surface area contributed by atoms with Gasteiger partial charge in [0.15, 0.2) is 0 Å². The van der Waals surface area contributed by atoms with Crippen LogP contribution in [0, 0.1) is 58.2 Å². The molecule has 2 nitrogen and oxygen atoms in total. The van der Waals surface area contributed by atoms with E-state index in [-0.39, 0.29) is 5.41 Å². The number of nitrogens with zero attached hydrogens (tertiary/aromatic N) is 1. The number of hydrogen-bond donors (Lipinski definition) is 1. The van der Waals surface area contributed by atoms with E-state index in [1.807, 2.05) is 5.57 Å². The summed E-state index contributed by atoms with van der Waals surface area (Å²) in [5.41, 5.74) is 12.2. The van der Waals surface area contributed by atoms with Gasteiger partial charge in [-0.05, 0) is 161 Å². The van der Waals surface area contributed by atoms with E-state index in [2.05, 4.69) is 140 Å². The van der Waals surface area contributed by atoms with Crippen LogP contribution in [0.2, 0.25) is 0 Å². The second-order valence-corrected chi connectivity index (χ2v) is 21.6. The van der Waals surface area contributed by atoms with Gasteiger partial charge in [0, 0.05) is 46.6 Å². The summed E-state index contributed by atoms with van der Waals surface area (Å²) in [5, 5.41) is 4.36. The Bertz CT molecular complexity index is 2180. The quantitative estimate of drug-likeness (QED) is 0.270. The van der Waals surface area contributed by atoms with Crippen molar-refractivity contribution in [1.82, 2.24) is 10.2 Å². The Hall–Kier alpha value is -3.62. The normalized spacial score (nSPS) is 42.7. The lowest BCUT2D eigenvalue weighted by molar-refractivity contribution is 0.0208. The van der Waals surface area contributed by atoms with Crippen LogP contribution in [0.15, 0.2) is 155 Å². The molecule has 0 aliphatic heterocycles. The standard InChI is InChI=1S/C58H70N2/c1-57(2)49-27-13-9-22-42(49)44-34-32-38(36-53(44)57)59-55-31-16-12-24-46(55)47-26-17-30-52-56(47)48-25-11-15-29-51(48)58(52)50-28-14-10-23-43(50)45-35-33-41(37-54(45)58)60(39-18-5-3-6-19-39)40-20-7-4-8-21-40/h3-5,7,9-10,12,15-16,18,22-24,29,31-35,38,40-41,45-48,51-52,54-56,59H,6,8,11,13-14,17,19-21,25-28,30,36-37H2,1-2H3/t38?,40?,41?,45?,46?,47?,48?,51?,52-,54?,55?,56?,58?/m1/s1. The summed E-state index contributed by atoms with van der Waals surface area (Å²) in [6, 6.07) is 1.88. The molecule has 0 heterocycles. The van der Waals surface area contributed by atoms with Gasteiger partial charge in [-0.3, -0.25) is 0 Å². The highest BCUT2D eigenvalue weighted by Gasteiger charge is 2.69. The summed E-state index contributed by atoms with van der Waals surface area (Å²) in [5.74, 6) is 5.61. The highest BCUT2D eigenvalue weighted by Crippen LogP contribution is 2.75. The first kappa shape index (κ1) is 38.1. The zero-order valence-corrected chi connectivity index (χ0v) is 36.7. The fourth-order valence-electron chi connectivity index (χ4n) is 16.9. The minimum Gasteiger partial charge on any atom is -0.365 e. The van der Waals surface area contributed by atoms with E-state index in [1.54, 1.807) is 22.4 Å². The first-order chi connectivity index (χ1) is 29.5. The minimum atomic E-state index is 0.170. The Balaban J connectivity index is 0.881. The molecular formula is C58H70N2. The lowest BCUT2D eigenvalue weighted by Gasteiger charge is -2.52. The van der Waals surface area contributed by atoms with E-state index in [0.29, 0.717) is 53.3 Å². The van der Waals surface area contributed by atoms with Crippen molar-refractivity contribution in [2.24, 2.45) is 58.2 Å². The molecule has 13 atom stereocenters. The number of rotatable bonds is 6. The molecule has 1 spiro atoms. The lowest BCUT2D eigenvalue weighted by Crippen LogP contribution is -2.50. The molecule has 2 heteroatoms. The summed E-state index contributed by atoms with van der Waals surface area (Å²) in [6.07, 6.45) is 68.6. The Kier molecular flexibility index (Phi) is 9.54. The maximum absolute atomic E-state index is 4.36. The van der Waals surface area contributed by atoms with Crippen LogP contribution in [-0.4, -0.2) is 29.1 Å². The molecule has 1 N–H and O–H groups in total. The number of hydrogen-bond acceptors (Lipinski definition) is 2. The Morgan fingerprint density at radius 2 is 1.50 bits per heavy atom. The van der Waals surface area contributed by atoms with E-state index in [0.717, 1.165) is 30.1 Å². The van der Waals surface area contributed by atoms with Gasteiger partial charge in [-0.25, -0.2) is 0 Å². The highest BCUT2D eigenvalue weighted by atomic mass is 15.2. The van der Waals surface area contributed by atoms with Crippen LogP contribution >= 0.6 is 0 Å². The van der Waals surface area contributed by atoms with Crippen molar-refractivity contribution in [2.45, 2.75) is 141 Å². The first-order valence-corrected chi connectivity index (χ1v) is 25.0. The predicted molar refractivity (Wildman–Crippen MR) is 250 cm³/mol. The molecule has 2 fully saturated rings. The van der Waals surface area contributed by atoms with Gasteiger partial charge in [0.25, 0.3) is 0 Å². The molecule has 0 radical (unpaired) electrons. The van der Waals surface area contributed by atoms with Crippen LogP contribution in [0.4, 0.5) is 0 Å². The molecular weight excluding hydrogens is 725 g/mol. The topological polar surface area (TPSA) is 15.3 Å². The van der Waals surface area contributed by atoms with Gasteiger partial charge >= 0.3 is 0 Å². The van der Waals surface area contributed by atoms with Gasteiger partial charge in [0.1, 0.15) is 0 Å². The highest BCUT2D eigenvalue weighted by molar-refractivity contribution is 5.64. The van der Waals surface area contributed by atoms with Crippen molar-refractivity contribution >= 4 is 0 Å². The number of fused-ring (bicyclic) bond motifs is 10. The van der Waals surface area contributed by atoms with Crippen LogP contribution in [0.3, 0.4) is 0 Å². The molecule has 60 heavy (non-hydrogen) atoms. The van der Waals surface area contributed by atoms with Crippen molar-refractivity contribution in [1.29, 1.82) is 0 Å². The Morgan fingerprint density at radius 1 is 0.650 bits per heavy atom. The van der Waals surface area contributed by atoms with Crippen molar-refractivity contribution < 1.29 is 0 Å². The van der Waals surface area contributed by atoms with Gasteiger partial charge in [-0.1, -0.05) is 146 Å². The molecule has 0 aromatic rings. The van der Waals surface area contributed by atoms with Gasteiger partial charge in [0.05, 0.1) is 0 Å². The second kappa shape index (κ2) is 15.0. The third-order valence-corrected chi connectivity index (χ3v) is 18.9. The van der Waals surface area contributed by atoms with Crippen molar-refractivity contribution in [3.05, 3.63) is 155 Å². The molecule has 312 valence electrons. The number of nitrogens with one attached hydrogen (secondary N) is 1. The fraction of sp³-hybridized carbons (Fsp3) is 0.552. The Labute approximate surface area is 362 Å². The first-order valence-electron chi connectivity index (χ1n) is 25.0. The average Bonchev–Trinajstić information content (AvgIpc) is 3.86. The molecule has 2 saturated carbocycles. The molecule has 0 amide bonds. The van der Waals surface area contributed by atoms with Gasteiger partial charge in [0.2, 0.25) is 0 Å². The predicted octanol–water partition coefficient (Wildman–Crippen LogP) is 13.5. The summed E-state index contributed by atoms with van der Waals surface area (Å²) in [7, 11) is 0. The fourth-order valence-corrected chi connectivity index (χ4v) is 16.9. The summed E-state index contributed by atoms with van der Waals surface area (Å²) >= 11 is 0. The summed E-state index contributed by atoms with van der Waals surface area (Å²) in [4.78, 5) is 2.98. The van der Waals surface area contributed by atoms with Crippen LogP contribution in [0.1, 0.15) is 117 Å². The zero-order valence-electron chi connectivity index (χ0n) is 36.7. The second-order valence-electron chi connectivity index (χ2n) is 21.6. The molecule has 0 bridgehead atoms. The van der Waals surface area contributed by atoms with E-state index in [9.17, 15) is 0 Å². The van der Waals surface area contributed by atoms with Crippen LogP contribution < -0.4 is 5.32 Å². The number of allylic oxidation sites excluding steroid dienone is 20. The van der Waals surface area contributed by atoms with E-state index in [4.69, 9.17) is 0 Å².